The summed E-state index contributed by atoms with van der Waals surface area (Å²) in [5.74, 6) is -3.87. The first-order valence-corrected chi connectivity index (χ1v) is 12.8. The van der Waals surface area contributed by atoms with Crippen LogP contribution in [-0.2, 0) is 28.7 Å². The number of aliphatic hydroxyl groups is 1. The summed E-state index contributed by atoms with van der Waals surface area (Å²) in [6.45, 7) is 0.303. The van der Waals surface area contributed by atoms with Crippen molar-refractivity contribution in [3.8, 4) is 0 Å². The molecule has 1 saturated heterocycles. The normalized spacial score (nSPS) is 19.6. The summed E-state index contributed by atoms with van der Waals surface area (Å²) in [7, 11) is 0. The van der Waals surface area contributed by atoms with E-state index < -0.39 is 63.5 Å². The smallest absolute Gasteiger partial charge is 0.543 e. The van der Waals surface area contributed by atoms with E-state index in [0.29, 0.717) is 0 Å². The van der Waals surface area contributed by atoms with E-state index in [1.807, 2.05) is 0 Å². The molecule has 0 bridgehead atoms. The first-order chi connectivity index (χ1) is 16.8. The third kappa shape index (κ3) is 8.10. The van der Waals surface area contributed by atoms with Crippen LogP contribution in [0, 0.1) is 0 Å². The van der Waals surface area contributed by atoms with Crippen LogP contribution < -0.4 is 45.3 Å². The number of carboxylic acids is 1. The maximum Gasteiger partial charge on any atom is 1.00 e. The molecule has 1 fully saturated rings. The molecule has 3 N–H and O–H groups in total. The summed E-state index contributed by atoms with van der Waals surface area (Å²) >= 11 is 18.5. The Morgan fingerprint density at radius 2 is 2.00 bits per heavy atom. The number of alkyl halides is 3. The number of fused-ring (bicyclic) bond motifs is 1. The molecule has 37 heavy (non-hydrogen) atoms. The first kappa shape index (κ1) is 31.9. The second-order valence-electron chi connectivity index (χ2n) is 7.21. The number of aliphatic hydroxyl groups excluding tert-OH is 1. The minimum Gasteiger partial charge on any atom is -0.543 e. The van der Waals surface area contributed by atoms with Crippen LogP contribution in [0.4, 0.5) is 9.93 Å². The van der Waals surface area contributed by atoms with Crippen molar-refractivity contribution in [2.24, 2.45) is 0 Å². The number of esters is 1. The van der Waals surface area contributed by atoms with E-state index in [1.165, 1.54) is 5.38 Å². The fourth-order valence-electron chi connectivity index (χ4n) is 3.08. The number of thioether (sulfide) groups is 1. The topological polar surface area (TPSA) is 187 Å². The number of nitrogens with one attached hydrogen (secondary N) is 2. The van der Waals surface area contributed by atoms with E-state index in [9.17, 15) is 34.2 Å². The fraction of sp³-hybridized carbons (Fsp3) is 0.444. The number of carboxylic acid groups (broad SMARTS) is 1. The summed E-state index contributed by atoms with van der Waals surface area (Å²) in [6.07, 6.45) is -2.79. The van der Waals surface area contributed by atoms with Gasteiger partial charge in [-0.2, -0.15) is 0 Å². The minimum absolute atomic E-state index is 0. The molecule has 0 saturated carbocycles. The number of β-lactam (4-membered cyclic amide) rings is 1. The number of carbonyl (C=O) groups is 5. The van der Waals surface area contributed by atoms with Crippen molar-refractivity contribution in [3.05, 3.63) is 22.3 Å². The molecule has 3 amide bonds. The number of amides is 3. The Balaban J connectivity index is 0.00000481. The zero-order chi connectivity index (χ0) is 26.8. The summed E-state index contributed by atoms with van der Waals surface area (Å²) in [4.78, 5) is 64.4. The number of nitrogens with zero attached hydrogens (tertiary/aromatic N) is 2. The van der Waals surface area contributed by atoms with Gasteiger partial charge in [-0.1, -0.05) is 34.8 Å². The van der Waals surface area contributed by atoms with E-state index in [0.717, 1.165) is 34.9 Å². The molecule has 1 aromatic rings. The maximum absolute atomic E-state index is 12.6. The molecule has 1 unspecified atom stereocenters. The molecule has 0 radical (unpaired) electrons. The summed E-state index contributed by atoms with van der Waals surface area (Å²) < 4.78 is 7.70. The molecule has 3 atom stereocenters. The van der Waals surface area contributed by atoms with Crippen LogP contribution in [-0.4, -0.2) is 79.0 Å². The number of hydrogen-bond donors (Lipinski definition) is 3. The van der Waals surface area contributed by atoms with E-state index in [-0.39, 0.29) is 58.3 Å². The predicted molar refractivity (Wildman–Crippen MR) is 126 cm³/mol. The van der Waals surface area contributed by atoms with Crippen molar-refractivity contribution in [2.75, 3.05) is 24.3 Å². The average Bonchev–Trinajstić information content (AvgIpc) is 3.26. The van der Waals surface area contributed by atoms with Crippen LogP contribution in [0.1, 0.15) is 18.7 Å². The third-order valence-corrected chi connectivity index (χ3v) is 7.06. The largest absolute Gasteiger partial charge is 1.00 e. The van der Waals surface area contributed by atoms with Crippen molar-refractivity contribution in [3.63, 3.8) is 0 Å². The van der Waals surface area contributed by atoms with Gasteiger partial charge in [0.1, 0.15) is 24.6 Å². The van der Waals surface area contributed by atoms with Gasteiger partial charge in [0.25, 0.3) is 11.8 Å². The Morgan fingerprint density at radius 1 is 1.32 bits per heavy atom. The molecule has 0 aliphatic carbocycles. The number of aromatic nitrogens is 1. The molecule has 0 spiro atoms. The predicted octanol–water partition coefficient (Wildman–Crippen LogP) is -2.93. The third-order valence-electron chi connectivity index (χ3n) is 4.61. The van der Waals surface area contributed by atoms with Gasteiger partial charge in [-0.05, 0) is 0 Å². The van der Waals surface area contributed by atoms with Gasteiger partial charge in [-0.15, -0.1) is 23.1 Å². The van der Waals surface area contributed by atoms with Crippen LogP contribution in [0.5, 0.6) is 0 Å². The van der Waals surface area contributed by atoms with Crippen LogP contribution in [0.3, 0.4) is 0 Å². The number of ether oxygens (including phenoxy) is 2. The van der Waals surface area contributed by atoms with Crippen molar-refractivity contribution in [1.82, 2.24) is 15.2 Å². The van der Waals surface area contributed by atoms with Gasteiger partial charge in [0.2, 0.25) is 3.79 Å². The maximum atomic E-state index is 12.6. The first-order valence-electron chi connectivity index (χ1n) is 9.74. The van der Waals surface area contributed by atoms with Gasteiger partial charge >= 0.3 is 41.6 Å². The molecule has 19 heteroatoms. The van der Waals surface area contributed by atoms with Gasteiger partial charge in [-0.3, -0.25) is 24.6 Å². The van der Waals surface area contributed by atoms with Gasteiger partial charge in [0, 0.05) is 23.6 Å². The van der Waals surface area contributed by atoms with Crippen LogP contribution >= 0.6 is 57.9 Å². The zero-order valence-corrected chi connectivity index (χ0v) is 24.9. The van der Waals surface area contributed by atoms with E-state index in [1.54, 1.807) is 0 Å². The van der Waals surface area contributed by atoms with Crippen LogP contribution in [0.15, 0.2) is 16.7 Å². The molecule has 1 aromatic heterocycles. The number of aliphatic carboxylic acids is 1. The molecular formula is C18H16Cl3N4NaO9S2. The Bertz CT molecular complexity index is 1130. The molecule has 2 aliphatic rings. The molecular weight excluding hydrogens is 610 g/mol. The van der Waals surface area contributed by atoms with Gasteiger partial charge in [-0.25, -0.2) is 9.78 Å². The molecule has 3 heterocycles. The quantitative estimate of drug-likeness (QED) is 0.116. The summed E-state index contributed by atoms with van der Waals surface area (Å²) in [6, 6.07) is -1.13. The van der Waals surface area contributed by atoms with Gasteiger partial charge in [0.05, 0.1) is 17.4 Å². The molecule has 3 rings (SSSR count). The minimum atomic E-state index is -1.81. The number of halogens is 3. The SMILES string of the molecule is CC(=O)OCC1=C(C(=O)[O-])N2C(=O)[C@@H](NC(=O)C(O)c3csc(NC(=O)OCC(Cl)(Cl)Cl)n3)[C@H]2SC1.[Na+]. The number of hydrogen-bond acceptors (Lipinski definition) is 12. The van der Waals surface area contributed by atoms with Crippen LogP contribution in [0.2, 0.25) is 0 Å². The number of anilines is 1. The fourth-order valence-corrected chi connectivity index (χ4v) is 5.28. The summed E-state index contributed by atoms with van der Waals surface area (Å²) in [5, 5.41) is 27.1. The Hall–Kier alpha value is -1.30. The van der Waals surface area contributed by atoms with Crippen LogP contribution in [0.25, 0.3) is 0 Å². The molecule has 2 aliphatic heterocycles. The van der Waals surface area contributed by atoms with Crippen molar-refractivity contribution in [2.45, 2.75) is 28.2 Å². The number of carbonyl (C=O) groups excluding carboxylic acids is 5. The van der Waals surface area contributed by atoms with Crippen molar-refractivity contribution in [1.29, 1.82) is 0 Å². The average molecular weight is 626 g/mol. The van der Waals surface area contributed by atoms with E-state index in [4.69, 9.17) is 39.5 Å². The Labute approximate surface area is 254 Å². The Morgan fingerprint density at radius 3 is 2.59 bits per heavy atom. The second kappa shape index (κ2) is 13.2. The van der Waals surface area contributed by atoms with Gasteiger partial charge < -0.3 is 29.8 Å². The number of thiazole rings is 1. The standard InChI is InChI=1S/C18H17Cl3N4O9S2.Na/c1-6(26)33-2-7-3-35-14-9(13(29)25(14)10(7)15(30)31)23-12(28)11(27)8-4-36-16(22-8)24-17(32)34-5-18(19,20)21;/h4,9,11,14,27H,2-3,5H2,1H3,(H,23,28)(H,30,31)(H,22,24,32);/q;+1/p-1/t9-,11?,14-;/m1./s1. The monoisotopic (exact) mass is 624 g/mol. The Kier molecular flexibility index (Phi) is 11.4. The zero-order valence-electron chi connectivity index (χ0n) is 19.0. The molecule has 196 valence electrons. The van der Waals surface area contributed by atoms with Crippen molar-refractivity contribution >= 4 is 92.9 Å². The number of rotatable bonds is 8. The molecule has 13 nitrogen and oxygen atoms in total. The van der Waals surface area contributed by atoms with Crippen molar-refractivity contribution < 1.29 is 73.2 Å². The van der Waals surface area contributed by atoms with E-state index >= 15 is 0 Å². The summed E-state index contributed by atoms with van der Waals surface area (Å²) in [5.41, 5.74) is -0.375. The van der Waals surface area contributed by atoms with E-state index in [2.05, 4.69) is 20.4 Å². The van der Waals surface area contributed by atoms with Gasteiger partial charge in [0.15, 0.2) is 11.2 Å². The molecule has 0 aromatic carbocycles. The second-order valence-corrected chi connectivity index (χ2v) is 11.7.